The van der Waals surface area contributed by atoms with E-state index in [0.29, 0.717) is 72.0 Å². The Labute approximate surface area is 499 Å². The summed E-state index contributed by atoms with van der Waals surface area (Å²) in [7, 11) is 5.55. The van der Waals surface area contributed by atoms with Crippen molar-refractivity contribution in [1.29, 1.82) is 0 Å². The predicted molar refractivity (Wildman–Crippen MR) is 325 cm³/mol. The minimum atomic E-state index is -0.259. The largest absolute Gasteiger partial charge is 0.497 e. The standard InChI is InChI=1S/C14H15N3O.C14H13N3O.C14H18N2O.C12H11NO4.C12H13NO3/c2*18-14(17-8-2-1-3-9-17)11-4-5-12-13(10-11)16-7-6-15-12;1-15(2)13-8-6-12(7-9-13)14(17)16-10-4-3-5-11-16;14-11-2-1-5-13(11)12(15)8-3-4-9-10(6-8)17-7-16-9;1-16-10-6-4-9(5-7-10)12(15)13-8-2-3-11(13)14/h4-7,10H,1-3,8-9H2;1-2,4-7,10H,3,8-9H2;3-4,6-9H,5,10-11H2,1-2H3;3-4,6H,1-2,5,7H2;4-7H,2-3,8H2,1H3. The van der Waals surface area contributed by atoms with Crippen molar-refractivity contribution in [3.05, 3.63) is 180 Å². The zero-order valence-electron chi connectivity index (χ0n) is 48.7. The summed E-state index contributed by atoms with van der Waals surface area (Å²) in [6, 6.07) is 30.5. The molecule has 3 saturated heterocycles. The number of fused-ring (bicyclic) bond motifs is 3. The molecule has 20 heteroatoms. The first-order valence-electron chi connectivity index (χ1n) is 28.9. The van der Waals surface area contributed by atoms with Crippen molar-refractivity contribution in [2.75, 3.05) is 85.3 Å². The van der Waals surface area contributed by atoms with Gasteiger partial charge in [-0.1, -0.05) is 24.3 Å². The van der Waals surface area contributed by atoms with Crippen LogP contribution in [0, 0.1) is 0 Å². The molecule has 20 nitrogen and oxygen atoms in total. The number of ether oxygens (including phenoxy) is 3. The van der Waals surface area contributed by atoms with Crippen LogP contribution in [-0.2, 0) is 9.59 Å². The third-order valence-electron chi connectivity index (χ3n) is 15.0. The zero-order chi connectivity index (χ0) is 60.4. The lowest BCUT2D eigenvalue weighted by atomic mass is 10.1. The van der Waals surface area contributed by atoms with Gasteiger partial charge in [0.25, 0.3) is 29.5 Å². The molecule has 13 rings (SSSR count). The quantitative estimate of drug-likeness (QED) is 0.107. The number of amides is 7. The maximum absolute atomic E-state index is 12.3. The van der Waals surface area contributed by atoms with E-state index < -0.39 is 0 Å². The van der Waals surface area contributed by atoms with Gasteiger partial charge in [-0.05, 0) is 148 Å². The summed E-state index contributed by atoms with van der Waals surface area (Å²) in [5, 5.41) is 0. The van der Waals surface area contributed by atoms with Crippen molar-refractivity contribution in [1.82, 2.24) is 44.4 Å². The number of carbonyl (C=O) groups is 7. The number of piperidine rings is 1. The van der Waals surface area contributed by atoms with Crippen LogP contribution in [0.1, 0.15) is 110 Å². The molecule has 0 atom stereocenters. The van der Waals surface area contributed by atoms with Crippen LogP contribution >= 0.6 is 0 Å². The topological polar surface area (TPSA) is 218 Å². The van der Waals surface area contributed by atoms with Crippen LogP contribution in [0.25, 0.3) is 22.1 Å². The first-order chi connectivity index (χ1) is 41.8. The fraction of sp³-hybridized carbons (Fsp3) is 0.318. The number of hydrogen-bond donors (Lipinski definition) is 0. The molecule has 0 unspecified atom stereocenters. The highest BCUT2D eigenvalue weighted by atomic mass is 16.7. The lowest BCUT2D eigenvalue weighted by Gasteiger charge is -2.26. The number of nitrogens with zero attached hydrogens (tertiary/aromatic N) is 10. The van der Waals surface area contributed by atoms with Crippen molar-refractivity contribution in [3.63, 3.8) is 0 Å². The fourth-order valence-electron chi connectivity index (χ4n) is 10.2. The smallest absolute Gasteiger partial charge is 0.260 e. The lowest BCUT2D eigenvalue weighted by Crippen LogP contribution is -2.35. The molecule has 8 heterocycles. The summed E-state index contributed by atoms with van der Waals surface area (Å²) in [5.74, 6) is 1.53. The van der Waals surface area contributed by atoms with E-state index in [2.05, 4.69) is 38.2 Å². The second-order valence-electron chi connectivity index (χ2n) is 21.0. The third-order valence-corrected chi connectivity index (χ3v) is 15.0. The van der Waals surface area contributed by atoms with Gasteiger partial charge in [0.1, 0.15) is 5.75 Å². The molecule has 86 heavy (non-hydrogen) atoms. The number of imide groups is 2. The number of hydrogen-bond acceptors (Lipinski definition) is 15. The molecule has 0 aliphatic carbocycles. The Balaban J connectivity index is 0.000000129. The Morgan fingerprint density at radius 1 is 0.442 bits per heavy atom. The molecule has 7 amide bonds. The molecule has 3 fully saturated rings. The van der Waals surface area contributed by atoms with E-state index in [0.717, 1.165) is 105 Å². The summed E-state index contributed by atoms with van der Waals surface area (Å²) in [6.07, 6.45) is 22.7. The highest BCUT2D eigenvalue weighted by molar-refractivity contribution is 6.06. The summed E-state index contributed by atoms with van der Waals surface area (Å²) in [4.78, 5) is 111. The second-order valence-corrected chi connectivity index (χ2v) is 21.0. The molecule has 0 spiro atoms. The van der Waals surface area contributed by atoms with Crippen LogP contribution in [-0.4, -0.2) is 166 Å². The minimum Gasteiger partial charge on any atom is -0.497 e. The number of carbonyl (C=O) groups excluding carboxylic acids is 7. The highest BCUT2D eigenvalue weighted by Gasteiger charge is 2.29. The van der Waals surface area contributed by atoms with E-state index in [1.807, 2.05) is 100 Å². The molecule has 5 aromatic carbocycles. The molecule has 0 saturated carbocycles. The lowest BCUT2D eigenvalue weighted by molar-refractivity contribution is -0.126. The molecule has 6 aliphatic heterocycles. The third kappa shape index (κ3) is 15.7. The number of rotatable bonds is 7. The van der Waals surface area contributed by atoms with Crippen molar-refractivity contribution in [2.24, 2.45) is 0 Å². The van der Waals surface area contributed by atoms with Gasteiger partial charge in [-0.25, -0.2) is 0 Å². The van der Waals surface area contributed by atoms with E-state index in [1.165, 1.54) is 16.2 Å². The van der Waals surface area contributed by atoms with Gasteiger partial charge in [0.15, 0.2) is 11.5 Å². The molecule has 0 radical (unpaired) electrons. The summed E-state index contributed by atoms with van der Waals surface area (Å²) in [5.41, 5.74) is 7.44. The van der Waals surface area contributed by atoms with Gasteiger partial charge >= 0.3 is 0 Å². The first-order valence-corrected chi connectivity index (χ1v) is 28.9. The normalized spacial score (nSPS) is 15.7. The van der Waals surface area contributed by atoms with E-state index >= 15 is 0 Å². The Kier molecular flexibility index (Phi) is 20.9. The summed E-state index contributed by atoms with van der Waals surface area (Å²) < 4.78 is 15.4. The average Bonchev–Trinajstić information content (AvgIpc) is 3.84. The number of anilines is 1. The van der Waals surface area contributed by atoms with Crippen molar-refractivity contribution in [2.45, 2.75) is 57.8 Å². The van der Waals surface area contributed by atoms with Crippen molar-refractivity contribution < 1.29 is 47.8 Å². The molecule has 0 bridgehead atoms. The number of aromatic nitrogens is 4. The first kappa shape index (κ1) is 60.7. The molecular formula is C66H70N10O10. The van der Waals surface area contributed by atoms with Gasteiger partial charge in [0, 0.05) is 138 Å². The van der Waals surface area contributed by atoms with Crippen LogP contribution in [0.3, 0.4) is 0 Å². The van der Waals surface area contributed by atoms with Crippen LogP contribution in [0.4, 0.5) is 5.69 Å². The Morgan fingerprint density at radius 3 is 1.37 bits per heavy atom. The van der Waals surface area contributed by atoms with Gasteiger partial charge in [-0.2, -0.15) is 0 Å². The highest BCUT2D eigenvalue weighted by Crippen LogP contribution is 2.33. The van der Waals surface area contributed by atoms with E-state index in [1.54, 1.807) is 74.4 Å². The molecule has 2 aromatic heterocycles. The van der Waals surface area contributed by atoms with Crippen LogP contribution in [0.5, 0.6) is 17.2 Å². The molecule has 6 aliphatic rings. The SMILES string of the molecule is CN(C)c1ccc(C(=O)N2CC=CCC2)cc1.COc1ccc(C(=O)N2CCCC2=O)cc1.O=C(c1ccc2nccnc2c1)N1CC=CCC1.O=C(c1ccc2nccnc2c1)N1CCCCC1.O=C1CCCN1C(=O)c1ccc2c(c1)OCO2. The number of benzene rings is 5. The van der Waals surface area contributed by atoms with Gasteiger partial charge in [-0.3, -0.25) is 63.3 Å². The molecule has 7 aromatic rings. The predicted octanol–water partition coefficient (Wildman–Crippen LogP) is 9.08. The van der Waals surface area contributed by atoms with Crippen molar-refractivity contribution in [3.8, 4) is 17.2 Å². The molecular weight excluding hydrogens is 1090 g/mol. The summed E-state index contributed by atoms with van der Waals surface area (Å²) >= 11 is 0. The average molecular weight is 1160 g/mol. The van der Waals surface area contributed by atoms with Crippen LogP contribution in [0.2, 0.25) is 0 Å². The van der Waals surface area contributed by atoms with E-state index in [-0.39, 0.29) is 48.1 Å². The van der Waals surface area contributed by atoms with E-state index in [4.69, 9.17) is 14.2 Å². The molecule has 444 valence electrons. The second kappa shape index (κ2) is 29.6. The van der Waals surface area contributed by atoms with Crippen LogP contribution in [0.15, 0.2) is 152 Å². The maximum Gasteiger partial charge on any atom is 0.260 e. The minimum absolute atomic E-state index is 0.0619. The molecule has 0 N–H and O–H groups in total. The van der Waals surface area contributed by atoms with Gasteiger partial charge in [-0.15, -0.1) is 0 Å². The summed E-state index contributed by atoms with van der Waals surface area (Å²) in [6.45, 7) is 5.99. The maximum atomic E-state index is 12.3. The van der Waals surface area contributed by atoms with Gasteiger partial charge < -0.3 is 33.8 Å². The Morgan fingerprint density at radius 2 is 0.884 bits per heavy atom. The fourth-order valence-corrected chi connectivity index (χ4v) is 10.2. The van der Waals surface area contributed by atoms with Crippen LogP contribution < -0.4 is 19.1 Å². The zero-order valence-corrected chi connectivity index (χ0v) is 48.7. The van der Waals surface area contributed by atoms with Gasteiger partial charge in [0.05, 0.1) is 29.2 Å². The van der Waals surface area contributed by atoms with Gasteiger partial charge in [0.2, 0.25) is 18.6 Å². The Hall–Kier alpha value is -9.85. The Bertz CT molecular complexity index is 3620. The number of methoxy groups -OCH3 is 1. The van der Waals surface area contributed by atoms with E-state index in [9.17, 15) is 33.6 Å². The van der Waals surface area contributed by atoms with Crippen molar-refractivity contribution >= 4 is 69.1 Å². The monoisotopic (exact) mass is 1160 g/mol. The number of likely N-dealkylation sites (tertiary alicyclic amines) is 3.